The monoisotopic (exact) mass is 269 g/mol. The van der Waals surface area contributed by atoms with Crippen LogP contribution in [-0.2, 0) is 11.2 Å². The average molecular weight is 269 g/mol. The molecule has 2 rings (SSSR count). The Balaban J connectivity index is 1.74. The topological polar surface area (TPSA) is 57.8 Å². The smallest absolute Gasteiger partial charge is 0.243 e. The summed E-state index contributed by atoms with van der Waals surface area (Å²) in [6, 6.07) is 7.97. The molecule has 4 heteroatoms. The summed E-state index contributed by atoms with van der Waals surface area (Å²) in [5.74, 6) is 0.901. The first-order chi connectivity index (χ1) is 9.79. The van der Waals surface area contributed by atoms with Gasteiger partial charge in [-0.05, 0) is 25.5 Å². The molecule has 1 aromatic heterocycles. The van der Waals surface area contributed by atoms with Crippen LogP contribution < -0.4 is 5.32 Å². The number of H-pyrrole nitrogens is 1. The molecule has 0 spiro atoms. The summed E-state index contributed by atoms with van der Waals surface area (Å²) in [4.78, 5) is 19.2. The highest BCUT2D eigenvalue weighted by Gasteiger charge is 2.01. The van der Waals surface area contributed by atoms with Crippen molar-refractivity contribution < 1.29 is 4.79 Å². The first-order valence-electron chi connectivity index (χ1n) is 6.80. The number of carbonyl (C=O) groups is 1. The molecule has 0 bridgehead atoms. The van der Waals surface area contributed by atoms with Crippen LogP contribution in [0.5, 0.6) is 0 Å². The number of rotatable bonds is 6. The molecule has 2 N–H and O–H groups in total. The van der Waals surface area contributed by atoms with E-state index < -0.39 is 0 Å². The molecule has 0 saturated heterocycles. The first-order valence-corrected chi connectivity index (χ1v) is 6.80. The third-order valence-corrected chi connectivity index (χ3v) is 2.88. The highest BCUT2D eigenvalue weighted by Crippen LogP contribution is 2.10. The minimum absolute atomic E-state index is 0.0623. The van der Waals surface area contributed by atoms with Gasteiger partial charge in [0.25, 0.3) is 0 Å². The van der Waals surface area contributed by atoms with Gasteiger partial charge in [0.1, 0.15) is 5.82 Å². The molecule has 2 aromatic rings. The SMILES string of the molecule is C/C=C/C=C/C(=O)NCCCc1nc2ccccc2[nH]1. The number of amides is 1. The molecule has 0 radical (unpaired) electrons. The summed E-state index contributed by atoms with van der Waals surface area (Å²) in [5.41, 5.74) is 2.04. The molecule has 20 heavy (non-hydrogen) atoms. The van der Waals surface area contributed by atoms with Crippen LogP contribution in [0.15, 0.2) is 48.6 Å². The van der Waals surface area contributed by atoms with E-state index in [1.54, 1.807) is 6.08 Å². The van der Waals surface area contributed by atoms with Crippen LogP contribution in [0.25, 0.3) is 11.0 Å². The Hall–Kier alpha value is -2.36. The molecule has 0 saturated carbocycles. The second-order valence-electron chi connectivity index (χ2n) is 4.48. The van der Waals surface area contributed by atoms with Crippen molar-refractivity contribution in [2.45, 2.75) is 19.8 Å². The van der Waals surface area contributed by atoms with Gasteiger partial charge in [0.05, 0.1) is 11.0 Å². The Morgan fingerprint density at radius 2 is 2.20 bits per heavy atom. The number of imidazole rings is 1. The van der Waals surface area contributed by atoms with Gasteiger partial charge in [-0.25, -0.2) is 4.98 Å². The Bertz CT molecular complexity index is 592. The van der Waals surface area contributed by atoms with Crippen molar-refractivity contribution in [2.24, 2.45) is 0 Å². The van der Waals surface area contributed by atoms with Gasteiger partial charge in [-0.1, -0.05) is 30.4 Å². The highest BCUT2D eigenvalue weighted by atomic mass is 16.1. The van der Waals surface area contributed by atoms with Gasteiger partial charge in [-0.2, -0.15) is 0 Å². The maximum absolute atomic E-state index is 11.4. The summed E-state index contributed by atoms with van der Waals surface area (Å²) in [6.45, 7) is 2.56. The number of allylic oxidation sites excluding steroid dienone is 3. The van der Waals surface area contributed by atoms with Crippen LogP contribution in [0.2, 0.25) is 0 Å². The summed E-state index contributed by atoms with van der Waals surface area (Å²) < 4.78 is 0. The minimum atomic E-state index is -0.0623. The van der Waals surface area contributed by atoms with E-state index in [-0.39, 0.29) is 5.91 Å². The number of nitrogens with zero attached hydrogens (tertiary/aromatic N) is 1. The van der Waals surface area contributed by atoms with Crippen molar-refractivity contribution in [3.05, 3.63) is 54.4 Å². The van der Waals surface area contributed by atoms with E-state index in [1.807, 2.05) is 43.3 Å². The van der Waals surface area contributed by atoms with Crippen molar-refractivity contribution in [2.75, 3.05) is 6.54 Å². The van der Waals surface area contributed by atoms with Crippen molar-refractivity contribution in [3.63, 3.8) is 0 Å². The van der Waals surface area contributed by atoms with E-state index in [0.29, 0.717) is 6.54 Å². The second-order valence-corrected chi connectivity index (χ2v) is 4.48. The fourth-order valence-corrected chi connectivity index (χ4v) is 1.90. The van der Waals surface area contributed by atoms with Gasteiger partial charge in [-0.3, -0.25) is 4.79 Å². The fraction of sp³-hybridized carbons (Fsp3) is 0.250. The molecule has 0 aliphatic heterocycles. The Labute approximate surface area is 118 Å². The maximum atomic E-state index is 11.4. The van der Waals surface area contributed by atoms with E-state index in [2.05, 4.69) is 15.3 Å². The van der Waals surface area contributed by atoms with Gasteiger partial charge in [0.2, 0.25) is 5.91 Å². The normalized spacial score (nSPS) is 11.7. The van der Waals surface area contributed by atoms with Crippen molar-refractivity contribution in [1.82, 2.24) is 15.3 Å². The van der Waals surface area contributed by atoms with E-state index in [9.17, 15) is 4.79 Å². The summed E-state index contributed by atoms with van der Waals surface area (Å²) in [7, 11) is 0. The quantitative estimate of drug-likeness (QED) is 0.481. The maximum Gasteiger partial charge on any atom is 0.243 e. The highest BCUT2D eigenvalue weighted by molar-refractivity contribution is 5.87. The van der Waals surface area contributed by atoms with Crippen molar-refractivity contribution >= 4 is 16.9 Å². The zero-order valence-corrected chi connectivity index (χ0v) is 11.6. The molecule has 0 aliphatic rings. The third kappa shape index (κ3) is 4.09. The lowest BCUT2D eigenvalue weighted by molar-refractivity contribution is -0.116. The van der Waals surface area contributed by atoms with E-state index in [0.717, 1.165) is 29.7 Å². The minimum Gasteiger partial charge on any atom is -0.353 e. The number of para-hydroxylation sites is 2. The van der Waals surface area contributed by atoms with Crippen LogP contribution >= 0.6 is 0 Å². The Kier molecular flexibility index (Phi) is 5.12. The number of aromatic nitrogens is 2. The van der Waals surface area contributed by atoms with Gasteiger partial charge < -0.3 is 10.3 Å². The predicted molar refractivity (Wildman–Crippen MR) is 81.4 cm³/mol. The molecular weight excluding hydrogens is 250 g/mol. The molecule has 4 nitrogen and oxygen atoms in total. The summed E-state index contributed by atoms with van der Waals surface area (Å²) >= 11 is 0. The first kappa shape index (κ1) is 14.1. The number of hydrogen-bond donors (Lipinski definition) is 2. The lowest BCUT2D eigenvalue weighted by Crippen LogP contribution is -2.22. The van der Waals surface area contributed by atoms with E-state index in [4.69, 9.17) is 0 Å². The molecule has 0 unspecified atom stereocenters. The number of hydrogen-bond acceptors (Lipinski definition) is 2. The van der Waals surface area contributed by atoms with Crippen molar-refractivity contribution in [3.8, 4) is 0 Å². The number of aromatic amines is 1. The van der Waals surface area contributed by atoms with Crippen LogP contribution in [0.1, 0.15) is 19.2 Å². The van der Waals surface area contributed by atoms with Gasteiger partial charge >= 0.3 is 0 Å². The van der Waals surface area contributed by atoms with Crippen LogP contribution in [0, 0.1) is 0 Å². The molecule has 1 heterocycles. The van der Waals surface area contributed by atoms with Crippen LogP contribution in [0.3, 0.4) is 0 Å². The average Bonchev–Trinajstić information content (AvgIpc) is 2.86. The number of carbonyl (C=O) groups excluding carboxylic acids is 1. The number of aryl methyl sites for hydroxylation is 1. The standard InChI is InChI=1S/C16H19N3O/c1-2-3-4-11-16(20)17-12-7-10-15-18-13-8-5-6-9-14(13)19-15/h2-6,8-9,11H,7,10,12H2,1H3,(H,17,20)(H,18,19)/b3-2+,11-4+. The predicted octanol–water partition coefficient (Wildman–Crippen LogP) is 2.74. The van der Waals surface area contributed by atoms with Gasteiger partial charge in [0.15, 0.2) is 0 Å². The lowest BCUT2D eigenvalue weighted by atomic mass is 10.3. The summed E-state index contributed by atoms with van der Waals surface area (Å²) in [6.07, 6.45) is 8.66. The van der Waals surface area contributed by atoms with Crippen LogP contribution in [-0.4, -0.2) is 22.4 Å². The van der Waals surface area contributed by atoms with E-state index in [1.165, 1.54) is 6.08 Å². The van der Waals surface area contributed by atoms with E-state index >= 15 is 0 Å². The van der Waals surface area contributed by atoms with Gasteiger partial charge in [0, 0.05) is 19.0 Å². The zero-order chi connectivity index (χ0) is 14.2. The Morgan fingerprint density at radius 1 is 1.35 bits per heavy atom. The zero-order valence-electron chi connectivity index (χ0n) is 11.6. The molecular formula is C16H19N3O. The number of fused-ring (bicyclic) bond motifs is 1. The van der Waals surface area contributed by atoms with Crippen molar-refractivity contribution in [1.29, 1.82) is 0 Å². The molecule has 0 fully saturated rings. The molecule has 0 atom stereocenters. The lowest BCUT2D eigenvalue weighted by Gasteiger charge is -2.00. The Morgan fingerprint density at radius 3 is 3.00 bits per heavy atom. The molecule has 1 aromatic carbocycles. The molecule has 1 amide bonds. The third-order valence-electron chi connectivity index (χ3n) is 2.88. The van der Waals surface area contributed by atoms with Gasteiger partial charge in [-0.15, -0.1) is 0 Å². The summed E-state index contributed by atoms with van der Waals surface area (Å²) in [5, 5.41) is 2.84. The number of benzene rings is 1. The fourth-order valence-electron chi connectivity index (χ4n) is 1.90. The van der Waals surface area contributed by atoms with Crippen LogP contribution in [0.4, 0.5) is 0 Å². The molecule has 104 valence electrons. The largest absolute Gasteiger partial charge is 0.353 e. The second kappa shape index (κ2) is 7.28. The number of nitrogens with one attached hydrogen (secondary N) is 2. The molecule has 0 aliphatic carbocycles.